The molecule has 0 aromatic heterocycles. The number of ether oxygens (including phenoxy) is 3. The summed E-state index contributed by atoms with van der Waals surface area (Å²) in [6.45, 7) is 1.02. The molecule has 1 heterocycles. The third kappa shape index (κ3) is 2.94. The number of benzene rings is 2. The van der Waals surface area contributed by atoms with Crippen molar-refractivity contribution < 1.29 is 19.0 Å². The van der Waals surface area contributed by atoms with Crippen LogP contribution in [0.3, 0.4) is 0 Å². The van der Waals surface area contributed by atoms with Gasteiger partial charge in [0.1, 0.15) is 19.0 Å². The Morgan fingerprint density at radius 2 is 1.91 bits per heavy atom. The lowest BCUT2D eigenvalue weighted by Crippen LogP contribution is -2.16. The Labute approximate surface area is 132 Å². The van der Waals surface area contributed by atoms with Gasteiger partial charge in [0.05, 0.1) is 17.7 Å². The van der Waals surface area contributed by atoms with E-state index in [4.69, 9.17) is 25.8 Å². The number of carbonyl (C=O) groups excluding carboxylic acids is 1. The zero-order valence-electron chi connectivity index (χ0n) is 11.9. The van der Waals surface area contributed by atoms with Crippen LogP contribution in [0.2, 0.25) is 5.02 Å². The first-order valence-corrected chi connectivity index (χ1v) is 7.10. The molecule has 6 heteroatoms. The van der Waals surface area contributed by atoms with Crippen LogP contribution in [0.25, 0.3) is 0 Å². The number of hydrogen-bond donors (Lipinski definition) is 1. The Balaban J connectivity index is 1.79. The molecule has 0 bridgehead atoms. The third-order valence-electron chi connectivity index (χ3n) is 3.22. The van der Waals surface area contributed by atoms with Gasteiger partial charge in [-0.25, -0.2) is 0 Å². The van der Waals surface area contributed by atoms with E-state index in [1.807, 2.05) is 0 Å². The van der Waals surface area contributed by atoms with E-state index in [-0.39, 0.29) is 5.91 Å². The quantitative estimate of drug-likeness (QED) is 0.942. The molecule has 0 unspecified atom stereocenters. The summed E-state index contributed by atoms with van der Waals surface area (Å²) in [5.41, 5.74) is 0.985. The largest absolute Gasteiger partial charge is 0.497 e. The summed E-state index contributed by atoms with van der Waals surface area (Å²) in [5.74, 6) is 1.59. The molecule has 1 aliphatic rings. The van der Waals surface area contributed by atoms with Crippen molar-refractivity contribution >= 4 is 23.2 Å². The summed E-state index contributed by atoms with van der Waals surface area (Å²) in [6.07, 6.45) is 0. The molecule has 0 atom stereocenters. The van der Waals surface area contributed by atoms with Gasteiger partial charge in [0.15, 0.2) is 11.5 Å². The van der Waals surface area contributed by atoms with Crippen LogP contribution < -0.4 is 19.5 Å². The highest BCUT2D eigenvalue weighted by atomic mass is 35.5. The van der Waals surface area contributed by atoms with Gasteiger partial charge in [0.25, 0.3) is 5.91 Å². The Bertz CT molecular complexity index is 717. The minimum Gasteiger partial charge on any atom is -0.497 e. The minimum atomic E-state index is -0.302. The van der Waals surface area contributed by atoms with Crippen LogP contribution in [0.1, 0.15) is 10.4 Å². The van der Waals surface area contributed by atoms with Crippen LogP contribution in [0.5, 0.6) is 17.2 Å². The van der Waals surface area contributed by atoms with Gasteiger partial charge in [0, 0.05) is 11.8 Å². The van der Waals surface area contributed by atoms with Crippen LogP contribution in [0, 0.1) is 0 Å². The van der Waals surface area contributed by atoms with E-state index < -0.39 is 0 Å². The predicted octanol–water partition coefficient (Wildman–Crippen LogP) is 3.37. The second-order valence-corrected chi connectivity index (χ2v) is 5.07. The van der Waals surface area contributed by atoms with Gasteiger partial charge in [-0.3, -0.25) is 4.79 Å². The molecule has 1 N–H and O–H groups in total. The molecule has 1 amide bonds. The lowest BCUT2D eigenvalue weighted by atomic mass is 10.2. The van der Waals surface area contributed by atoms with E-state index in [2.05, 4.69) is 5.32 Å². The van der Waals surface area contributed by atoms with E-state index in [1.54, 1.807) is 43.5 Å². The van der Waals surface area contributed by atoms with Crippen LogP contribution in [0.4, 0.5) is 5.69 Å². The van der Waals surface area contributed by atoms with E-state index in [0.29, 0.717) is 46.7 Å². The summed E-state index contributed by atoms with van der Waals surface area (Å²) in [6, 6.07) is 10.1. The lowest BCUT2D eigenvalue weighted by molar-refractivity contribution is 0.102. The second kappa shape index (κ2) is 6.15. The number of anilines is 1. The molecule has 0 fully saturated rings. The number of methoxy groups -OCH3 is 1. The van der Waals surface area contributed by atoms with Gasteiger partial charge in [-0.05, 0) is 30.3 Å². The molecule has 1 aliphatic heterocycles. The first kappa shape index (κ1) is 14.5. The highest BCUT2D eigenvalue weighted by molar-refractivity contribution is 6.34. The molecule has 3 rings (SSSR count). The summed E-state index contributed by atoms with van der Waals surface area (Å²) in [5, 5.41) is 3.12. The van der Waals surface area contributed by atoms with Gasteiger partial charge >= 0.3 is 0 Å². The molecular formula is C16H14ClNO4. The maximum Gasteiger partial charge on any atom is 0.257 e. The zero-order valence-corrected chi connectivity index (χ0v) is 12.6. The second-order valence-electron chi connectivity index (χ2n) is 4.66. The van der Waals surface area contributed by atoms with E-state index in [0.717, 1.165) is 0 Å². The van der Waals surface area contributed by atoms with E-state index in [9.17, 15) is 4.79 Å². The number of amides is 1. The zero-order chi connectivity index (χ0) is 15.5. The van der Waals surface area contributed by atoms with E-state index >= 15 is 0 Å². The topological polar surface area (TPSA) is 56.8 Å². The average molecular weight is 320 g/mol. The van der Waals surface area contributed by atoms with Crippen molar-refractivity contribution in [1.82, 2.24) is 0 Å². The molecule has 0 radical (unpaired) electrons. The molecule has 5 nitrogen and oxygen atoms in total. The van der Waals surface area contributed by atoms with Crippen LogP contribution in [-0.4, -0.2) is 26.2 Å². The summed E-state index contributed by atoms with van der Waals surface area (Å²) >= 11 is 6.10. The minimum absolute atomic E-state index is 0.302. The van der Waals surface area contributed by atoms with Gasteiger partial charge < -0.3 is 19.5 Å². The number of rotatable bonds is 3. The lowest BCUT2D eigenvalue weighted by Gasteiger charge is -2.19. The first-order chi connectivity index (χ1) is 10.7. The van der Waals surface area contributed by atoms with Crippen molar-refractivity contribution in [3.8, 4) is 17.2 Å². The van der Waals surface area contributed by atoms with Crippen LogP contribution in [0.15, 0.2) is 36.4 Å². The van der Waals surface area contributed by atoms with Gasteiger partial charge in [0.2, 0.25) is 0 Å². The number of hydrogen-bond acceptors (Lipinski definition) is 4. The molecular weight excluding hydrogens is 306 g/mol. The Morgan fingerprint density at radius 3 is 2.64 bits per heavy atom. The van der Waals surface area contributed by atoms with Crippen molar-refractivity contribution in [3.05, 3.63) is 47.0 Å². The fourth-order valence-corrected chi connectivity index (χ4v) is 2.38. The normalized spacial score (nSPS) is 12.6. The SMILES string of the molecule is COc1ccc(C(=O)Nc2ccc3c(c2)OCCO3)c(Cl)c1. The van der Waals surface area contributed by atoms with Gasteiger partial charge in [-0.2, -0.15) is 0 Å². The Hall–Kier alpha value is -2.40. The predicted molar refractivity (Wildman–Crippen MR) is 83.4 cm³/mol. The van der Waals surface area contributed by atoms with Crippen molar-refractivity contribution in [3.63, 3.8) is 0 Å². The van der Waals surface area contributed by atoms with E-state index in [1.165, 1.54) is 0 Å². The molecule has 0 saturated heterocycles. The molecule has 0 spiro atoms. The molecule has 114 valence electrons. The van der Waals surface area contributed by atoms with Crippen LogP contribution >= 0.6 is 11.6 Å². The highest BCUT2D eigenvalue weighted by Crippen LogP contribution is 2.33. The molecule has 0 aliphatic carbocycles. The number of halogens is 1. The number of nitrogens with one attached hydrogen (secondary N) is 1. The number of carbonyl (C=O) groups is 1. The maximum absolute atomic E-state index is 12.3. The molecule has 2 aromatic rings. The molecule has 0 saturated carbocycles. The van der Waals surface area contributed by atoms with Crippen molar-refractivity contribution in [1.29, 1.82) is 0 Å². The fraction of sp³-hybridized carbons (Fsp3) is 0.188. The van der Waals surface area contributed by atoms with Gasteiger partial charge in [-0.15, -0.1) is 0 Å². The van der Waals surface area contributed by atoms with Crippen molar-refractivity contribution in [2.75, 3.05) is 25.6 Å². The smallest absolute Gasteiger partial charge is 0.257 e. The highest BCUT2D eigenvalue weighted by Gasteiger charge is 2.15. The Kier molecular flexibility index (Phi) is 4.06. The third-order valence-corrected chi connectivity index (χ3v) is 3.53. The van der Waals surface area contributed by atoms with Crippen molar-refractivity contribution in [2.45, 2.75) is 0 Å². The van der Waals surface area contributed by atoms with Crippen LogP contribution in [-0.2, 0) is 0 Å². The molecule has 2 aromatic carbocycles. The molecule has 22 heavy (non-hydrogen) atoms. The maximum atomic E-state index is 12.3. The first-order valence-electron chi connectivity index (χ1n) is 6.72. The summed E-state index contributed by atoms with van der Waals surface area (Å²) in [4.78, 5) is 12.3. The monoisotopic (exact) mass is 319 g/mol. The standard InChI is InChI=1S/C16H14ClNO4/c1-20-11-3-4-12(13(17)9-11)16(19)18-10-2-5-14-15(8-10)22-7-6-21-14/h2-5,8-9H,6-7H2,1H3,(H,18,19). The average Bonchev–Trinajstić information content (AvgIpc) is 2.54. The summed E-state index contributed by atoms with van der Waals surface area (Å²) in [7, 11) is 1.54. The van der Waals surface area contributed by atoms with Gasteiger partial charge in [-0.1, -0.05) is 11.6 Å². The number of fused-ring (bicyclic) bond motifs is 1. The fourth-order valence-electron chi connectivity index (χ4n) is 2.13. The Morgan fingerprint density at radius 1 is 1.14 bits per heavy atom. The summed E-state index contributed by atoms with van der Waals surface area (Å²) < 4.78 is 16.0. The van der Waals surface area contributed by atoms with Crippen molar-refractivity contribution in [2.24, 2.45) is 0 Å².